The first-order valence-electron chi connectivity index (χ1n) is 4.37. The fourth-order valence-corrected chi connectivity index (χ4v) is 1.74. The summed E-state index contributed by atoms with van der Waals surface area (Å²) in [6.45, 7) is 1.90. The molecule has 64 valence electrons. The number of pyridine rings is 1. The minimum absolute atomic E-state index is 0.855. The minimum Gasteiger partial charge on any atom is -0.359 e. The van der Waals surface area contributed by atoms with E-state index in [0.29, 0.717) is 0 Å². The zero-order valence-corrected chi connectivity index (χ0v) is 7.14. The van der Waals surface area contributed by atoms with E-state index in [2.05, 4.69) is 33.1 Å². The summed E-state index contributed by atoms with van der Waals surface area (Å²) in [5.74, 6) is 0.855. The van der Waals surface area contributed by atoms with Crippen LogP contribution in [0.3, 0.4) is 0 Å². The van der Waals surface area contributed by atoms with Crippen LogP contribution in [-0.2, 0) is 0 Å². The lowest BCUT2D eigenvalue weighted by Gasteiger charge is -2.30. The van der Waals surface area contributed by atoms with Gasteiger partial charge in [-0.15, -0.1) is 0 Å². The van der Waals surface area contributed by atoms with Gasteiger partial charge in [-0.3, -0.25) is 0 Å². The molecule has 0 amide bonds. The fourth-order valence-electron chi connectivity index (χ4n) is 1.74. The summed E-state index contributed by atoms with van der Waals surface area (Å²) in [5.41, 5.74) is 2.26. The molecule has 1 aromatic heterocycles. The number of nitrogens with zero attached hydrogens (tertiary/aromatic N) is 3. The van der Waals surface area contributed by atoms with Gasteiger partial charge in [0.15, 0.2) is 5.82 Å². The number of rotatable bonds is 0. The minimum atomic E-state index is 0.855. The number of aromatic nitrogens is 1. The smallest absolute Gasteiger partial charge is 0.176 e. The van der Waals surface area contributed by atoms with E-state index in [1.165, 1.54) is 0 Å². The van der Waals surface area contributed by atoms with Crippen LogP contribution in [0.15, 0.2) is 35.5 Å². The monoisotopic (exact) mass is 171 g/mol. The molecule has 3 heterocycles. The lowest BCUT2D eigenvalue weighted by molar-refractivity contribution is 0.936. The highest BCUT2D eigenvalue weighted by Gasteiger charge is 2.19. The van der Waals surface area contributed by atoms with Gasteiger partial charge in [-0.1, -0.05) is 6.08 Å². The molecule has 1 aromatic rings. The van der Waals surface area contributed by atoms with Gasteiger partial charge in [0, 0.05) is 12.7 Å². The topological polar surface area (TPSA) is 28.5 Å². The highest BCUT2D eigenvalue weighted by atomic mass is 15.2. The Kier molecular flexibility index (Phi) is 1.27. The highest BCUT2D eigenvalue weighted by Crippen LogP contribution is 2.30. The molecule has 0 fully saturated rings. The standard InChI is InChI=1S/C10H9N3/c1-4-9-10(11-5-1)12-8-3-2-6-13(9)7-8/h1-5H,6-7H2. The molecule has 2 aliphatic rings. The Balaban J connectivity index is 2.23. The van der Waals surface area contributed by atoms with Crippen LogP contribution >= 0.6 is 0 Å². The van der Waals surface area contributed by atoms with Gasteiger partial charge in [0.1, 0.15) is 0 Å². The molecular formula is C10H9N3. The van der Waals surface area contributed by atoms with Crippen molar-refractivity contribution in [1.29, 1.82) is 0 Å². The van der Waals surface area contributed by atoms with Gasteiger partial charge in [0.25, 0.3) is 0 Å². The van der Waals surface area contributed by atoms with Crippen LogP contribution in [0.1, 0.15) is 0 Å². The number of hydrogen-bond donors (Lipinski definition) is 0. The molecule has 3 nitrogen and oxygen atoms in total. The van der Waals surface area contributed by atoms with E-state index in [0.717, 1.165) is 30.3 Å². The predicted octanol–water partition coefficient (Wildman–Crippen LogP) is 1.54. The van der Waals surface area contributed by atoms with Gasteiger partial charge in [-0.2, -0.15) is 0 Å². The van der Waals surface area contributed by atoms with Gasteiger partial charge in [-0.25, -0.2) is 9.98 Å². The third-order valence-electron chi connectivity index (χ3n) is 2.35. The Morgan fingerprint density at radius 3 is 3.38 bits per heavy atom. The maximum atomic E-state index is 4.44. The van der Waals surface area contributed by atoms with Crippen LogP contribution in [0.5, 0.6) is 0 Å². The van der Waals surface area contributed by atoms with Crippen molar-refractivity contribution in [2.45, 2.75) is 0 Å². The lowest BCUT2D eigenvalue weighted by Crippen LogP contribution is -2.34. The van der Waals surface area contributed by atoms with E-state index in [4.69, 9.17) is 0 Å². The first-order valence-corrected chi connectivity index (χ1v) is 4.37. The largest absolute Gasteiger partial charge is 0.359 e. The van der Waals surface area contributed by atoms with Crippen LogP contribution in [-0.4, -0.2) is 23.8 Å². The average molecular weight is 171 g/mol. The van der Waals surface area contributed by atoms with E-state index < -0.39 is 0 Å². The molecule has 0 saturated heterocycles. The molecule has 0 radical (unpaired) electrons. The Morgan fingerprint density at radius 1 is 1.38 bits per heavy atom. The molecule has 0 aromatic carbocycles. The van der Waals surface area contributed by atoms with Crippen molar-refractivity contribution in [2.24, 2.45) is 4.99 Å². The van der Waals surface area contributed by atoms with Gasteiger partial charge < -0.3 is 4.90 Å². The van der Waals surface area contributed by atoms with Crippen molar-refractivity contribution >= 4 is 17.2 Å². The van der Waals surface area contributed by atoms with Gasteiger partial charge in [0.2, 0.25) is 0 Å². The zero-order valence-electron chi connectivity index (χ0n) is 7.14. The summed E-state index contributed by atoms with van der Waals surface area (Å²) in [5, 5.41) is 0. The van der Waals surface area contributed by atoms with E-state index in [-0.39, 0.29) is 0 Å². The molecule has 3 heteroatoms. The van der Waals surface area contributed by atoms with E-state index in [1.807, 2.05) is 6.07 Å². The summed E-state index contributed by atoms with van der Waals surface area (Å²) in [4.78, 5) is 11.0. The average Bonchev–Trinajstić information content (AvgIpc) is 2.18. The third kappa shape index (κ3) is 0.967. The summed E-state index contributed by atoms with van der Waals surface area (Å²) in [7, 11) is 0. The summed E-state index contributed by atoms with van der Waals surface area (Å²) >= 11 is 0. The molecule has 3 rings (SSSR count). The van der Waals surface area contributed by atoms with E-state index in [1.54, 1.807) is 6.20 Å². The quantitative estimate of drug-likeness (QED) is 0.592. The highest BCUT2D eigenvalue weighted by molar-refractivity contribution is 6.03. The molecule has 2 aliphatic heterocycles. The van der Waals surface area contributed by atoms with Gasteiger partial charge in [0.05, 0.1) is 17.9 Å². The SMILES string of the molecule is C1=CC2=Nc3ncccc3N(C1)C2. The molecule has 13 heavy (non-hydrogen) atoms. The van der Waals surface area contributed by atoms with Gasteiger partial charge in [-0.05, 0) is 18.2 Å². The Bertz CT molecular complexity index is 406. The van der Waals surface area contributed by atoms with Crippen LogP contribution in [0.2, 0.25) is 0 Å². The van der Waals surface area contributed by atoms with Crippen molar-refractivity contribution in [3.8, 4) is 0 Å². The van der Waals surface area contributed by atoms with Gasteiger partial charge >= 0.3 is 0 Å². The third-order valence-corrected chi connectivity index (χ3v) is 2.35. The van der Waals surface area contributed by atoms with Crippen LogP contribution in [0, 0.1) is 0 Å². The molecule has 2 bridgehead atoms. The number of hydrogen-bond acceptors (Lipinski definition) is 3. The molecule has 0 atom stereocenters. The fraction of sp³-hybridized carbons (Fsp3) is 0.200. The molecule has 0 N–H and O–H groups in total. The van der Waals surface area contributed by atoms with Crippen LogP contribution in [0.4, 0.5) is 11.5 Å². The summed E-state index contributed by atoms with van der Waals surface area (Å²) in [6.07, 6.45) is 6.00. The van der Waals surface area contributed by atoms with Crippen molar-refractivity contribution < 1.29 is 0 Å². The number of anilines is 1. The van der Waals surface area contributed by atoms with Crippen molar-refractivity contribution in [2.75, 3.05) is 18.0 Å². The second kappa shape index (κ2) is 2.42. The van der Waals surface area contributed by atoms with Crippen molar-refractivity contribution in [1.82, 2.24) is 4.98 Å². The molecule has 0 aliphatic carbocycles. The maximum absolute atomic E-state index is 4.44. The maximum Gasteiger partial charge on any atom is 0.176 e. The molecular weight excluding hydrogens is 162 g/mol. The predicted molar refractivity (Wildman–Crippen MR) is 52.7 cm³/mol. The lowest BCUT2D eigenvalue weighted by atomic mass is 10.1. The Hall–Kier alpha value is -1.64. The zero-order chi connectivity index (χ0) is 8.67. The Morgan fingerprint density at radius 2 is 2.38 bits per heavy atom. The number of fused-ring (bicyclic) bond motifs is 4. The number of aliphatic imine (C=N–C) groups is 1. The Labute approximate surface area is 76.4 Å². The first kappa shape index (κ1) is 6.83. The van der Waals surface area contributed by atoms with Crippen molar-refractivity contribution in [3.05, 3.63) is 30.5 Å². The van der Waals surface area contributed by atoms with Crippen LogP contribution in [0.25, 0.3) is 0 Å². The molecule has 0 unspecified atom stereocenters. The second-order valence-electron chi connectivity index (χ2n) is 3.23. The second-order valence-corrected chi connectivity index (χ2v) is 3.23. The molecule has 0 spiro atoms. The summed E-state index contributed by atoms with van der Waals surface area (Å²) in [6, 6.07) is 4.03. The van der Waals surface area contributed by atoms with Crippen molar-refractivity contribution in [3.63, 3.8) is 0 Å². The van der Waals surface area contributed by atoms with E-state index in [9.17, 15) is 0 Å². The summed E-state index contributed by atoms with van der Waals surface area (Å²) < 4.78 is 0. The van der Waals surface area contributed by atoms with Crippen LogP contribution < -0.4 is 4.90 Å². The molecule has 0 saturated carbocycles. The first-order chi connectivity index (χ1) is 6.43. The normalized spacial score (nSPS) is 18.2. The van der Waals surface area contributed by atoms with E-state index >= 15 is 0 Å².